The summed E-state index contributed by atoms with van der Waals surface area (Å²) in [6.45, 7) is 1.93. The van der Waals surface area contributed by atoms with Gasteiger partial charge in [0.25, 0.3) is 0 Å². The van der Waals surface area contributed by atoms with Crippen LogP contribution >= 0.6 is 15.9 Å². The van der Waals surface area contributed by atoms with E-state index in [-0.39, 0.29) is 6.61 Å². The molecule has 18 heavy (non-hydrogen) atoms. The van der Waals surface area contributed by atoms with Crippen LogP contribution in [0.3, 0.4) is 0 Å². The molecule has 2 rings (SSSR count). The number of hydrogen-bond acceptors (Lipinski definition) is 3. The third-order valence-corrected chi connectivity index (χ3v) is 3.52. The van der Waals surface area contributed by atoms with Crippen molar-refractivity contribution in [2.45, 2.75) is 12.5 Å². The van der Waals surface area contributed by atoms with E-state index in [4.69, 9.17) is 0 Å². The second kappa shape index (κ2) is 5.50. The van der Waals surface area contributed by atoms with Gasteiger partial charge in [-0.3, -0.25) is 0 Å². The standard InChI is InChI=1S/C14H15BrN2O/c1-14(10-18,11-6-3-2-4-7-11)17-13-12(15)8-5-9-16-13/h2-9,18H,10H2,1H3,(H,16,17). The van der Waals surface area contributed by atoms with Crippen molar-refractivity contribution in [1.29, 1.82) is 0 Å². The lowest BCUT2D eigenvalue weighted by atomic mass is 9.93. The zero-order chi connectivity index (χ0) is 13.0. The van der Waals surface area contributed by atoms with Gasteiger partial charge in [0.15, 0.2) is 0 Å². The summed E-state index contributed by atoms with van der Waals surface area (Å²) in [7, 11) is 0. The molecule has 2 N–H and O–H groups in total. The van der Waals surface area contributed by atoms with Crippen LogP contribution in [0.1, 0.15) is 12.5 Å². The molecule has 0 aliphatic carbocycles. The van der Waals surface area contributed by atoms with Crippen molar-refractivity contribution in [3.8, 4) is 0 Å². The number of hydrogen-bond donors (Lipinski definition) is 2. The van der Waals surface area contributed by atoms with Crippen LogP contribution < -0.4 is 5.32 Å². The second-order valence-corrected chi connectivity index (χ2v) is 5.17. The van der Waals surface area contributed by atoms with Crippen molar-refractivity contribution in [3.05, 3.63) is 58.7 Å². The van der Waals surface area contributed by atoms with E-state index in [0.29, 0.717) is 0 Å². The van der Waals surface area contributed by atoms with Crippen LogP contribution in [0, 0.1) is 0 Å². The first-order valence-corrected chi connectivity index (χ1v) is 6.50. The molecule has 0 aliphatic rings. The molecule has 1 heterocycles. The van der Waals surface area contributed by atoms with Gasteiger partial charge < -0.3 is 10.4 Å². The molecular weight excluding hydrogens is 292 g/mol. The minimum absolute atomic E-state index is 0.0139. The molecule has 2 aromatic rings. The van der Waals surface area contributed by atoms with E-state index in [2.05, 4.69) is 26.2 Å². The lowest BCUT2D eigenvalue weighted by Crippen LogP contribution is -2.36. The number of benzene rings is 1. The Morgan fingerprint density at radius 2 is 1.94 bits per heavy atom. The molecule has 1 unspecified atom stereocenters. The van der Waals surface area contributed by atoms with Crippen molar-refractivity contribution in [2.75, 3.05) is 11.9 Å². The number of rotatable bonds is 4. The minimum atomic E-state index is -0.557. The average Bonchev–Trinajstić information content (AvgIpc) is 2.42. The van der Waals surface area contributed by atoms with E-state index < -0.39 is 5.54 Å². The predicted molar refractivity (Wildman–Crippen MR) is 76.4 cm³/mol. The summed E-state index contributed by atoms with van der Waals surface area (Å²) in [5, 5.41) is 13.0. The molecule has 4 heteroatoms. The molecule has 1 aromatic heterocycles. The fourth-order valence-corrected chi connectivity index (χ4v) is 2.10. The molecule has 1 aromatic carbocycles. The van der Waals surface area contributed by atoms with Gasteiger partial charge in [0, 0.05) is 6.20 Å². The lowest BCUT2D eigenvalue weighted by molar-refractivity contribution is 0.223. The van der Waals surface area contributed by atoms with Crippen LogP contribution in [0.4, 0.5) is 5.82 Å². The Kier molecular flexibility index (Phi) is 3.99. The molecular formula is C14H15BrN2O. The Balaban J connectivity index is 2.32. The summed E-state index contributed by atoms with van der Waals surface area (Å²) in [5.74, 6) is 0.720. The highest BCUT2D eigenvalue weighted by atomic mass is 79.9. The number of aromatic nitrogens is 1. The Morgan fingerprint density at radius 3 is 2.56 bits per heavy atom. The van der Waals surface area contributed by atoms with Crippen molar-refractivity contribution in [2.24, 2.45) is 0 Å². The van der Waals surface area contributed by atoms with E-state index >= 15 is 0 Å². The van der Waals surface area contributed by atoms with Crippen molar-refractivity contribution in [1.82, 2.24) is 4.98 Å². The maximum absolute atomic E-state index is 9.69. The van der Waals surface area contributed by atoms with Crippen LogP contribution in [0.5, 0.6) is 0 Å². The number of halogens is 1. The topological polar surface area (TPSA) is 45.1 Å². The maximum Gasteiger partial charge on any atom is 0.141 e. The fourth-order valence-electron chi connectivity index (χ4n) is 1.75. The van der Waals surface area contributed by atoms with Crippen LogP contribution in [0.15, 0.2) is 53.1 Å². The number of nitrogens with one attached hydrogen (secondary N) is 1. The Labute approximate surface area is 115 Å². The Bertz CT molecular complexity index is 518. The highest BCUT2D eigenvalue weighted by Gasteiger charge is 2.26. The number of nitrogens with zero attached hydrogens (tertiary/aromatic N) is 1. The van der Waals surface area contributed by atoms with Crippen LogP contribution in [-0.4, -0.2) is 16.7 Å². The van der Waals surface area contributed by atoms with E-state index in [1.807, 2.05) is 49.4 Å². The van der Waals surface area contributed by atoms with Crippen LogP contribution in [0.2, 0.25) is 0 Å². The number of aliphatic hydroxyl groups is 1. The first-order valence-electron chi connectivity index (χ1n) is 5.71. The van der Waals surface area contributed by atoms with Gasteiger partial charge in [-0.25, -0.2) is 4.98 Å². The Morgan fingerprint density at radius 1 is 1.22 bits per heavy atom. The van der Waals surface area contributed by atoms with Gasteiger partial charge in [-0.2, -0.15) is 0 Å². The first kappa shape index (κ1) is 13.1. The average molecular weight is 307 g/mol. The summed E-state index contributed by atoms with van der Waals surface area (Å²) in [4.78, 5) is 4.27. The second-order valence-electron chi connectivity index (χ2n) is 4.32. The zero-order valence-electron chi connectivity index (χ0n) is 10.1. The summed E-state index contributed by atoms with van der Waals surface area (Å²) in [6.07, 6.45) is 1.72. The van der Waals surface area contributed by atoms with Gasteiger partial charge in [-0.1, -0.05) is 30.3 Å². The van der Waals surface area contributed by atoms with Crippen molar-refractivity contribution in [3.63, 3.8) is 0 Å². The van der Waals surface area contributed by atoms with Gasteiger partial charge in [0.05, 0.1) is 16.6 Å². The van der Waals surface area contributed by atoms with Gasteiger partial charge in [-0.05, 0) is 40.5 Å². The number of aliphatic hydroxyl groups excluding tert-OH is 1. The third kappa shape index (κ3) is 2.71. The molecule has 0 bridgehead atoms. The maximum atomic E-state index is 9.69. The summed E-state index contributed by atoms with van der Waals surface area (Å²) >= 11 is 3.44. The van der Waals surface area contributed by atoms with E-state index in [9.17, 15) is 5.11 Å². The molecule has 0 amide bonds. The van der Waals surface area contributed by atoms with Crippen LogP contribution in [0.25, 0.3) is 0 Å². The van der Waals surface area contributed by atoms with Gasteiger partial charge in [0.1, 0.15) is 5.82 Å². The summed E-state index contributed by atoms with van der Waals surface area (Å²) in [6, 6.07) is 13.6. The first-order chi connectivity index (χ1) is 8.65. The van der Waals surface area contributed by atoms with Gasteiger partial charge >= 0.3 is 0 Å². The largest absolute Gasteiger partial charge is 0.394 e. The number of anilines is 1. The molecule has 0 saturated heterocycles. The molecule has 1 atom stereocenters. The van der Waals surface area contributed by atoms with Gasteiger partial charge in [0.2, 0.25) is 0 Å². The van der Waals surface area contributed by atoms with E-state index in [1.165, 1.54) is 0 Å². The van der Waals surface area contributed by atoms with Crippen molar-refractivity contribution >= 4 is 21.7 Å². The summed E-state index contributed by atoms with van der Waals surface area (Å²) in [5.41, 5.74) is 0.461. The van der Waals surface area contributed by atoms with Crippen LogP contribution in [-0.2, 0) is 5.54 Å². The molecule has 0 spiro atoms. The van der Waals surface area contributed by atoms with E-state index in [1.54, 1.807) is 6.20 Å². The Hall–Kier alpha value is -1.39. The van der Waals surface area contributed by atoms with Gasteiger partial charge in [-0.15, -0.1) is 0 Å². The molecule has 0 fully saturated rings. The zero-order valence-corrected chi connectivity index (χ0v) is 11.7. The monoisotopic (exact) mass is 306 g/mol. The quantitative estimate of drug-likeness (QED) is 0.912. The fraction of sp³-hybridized carbons (Fsp3) is 0.214. The molecule has 94 valence electrons. The van der Waals surface area contributed by atoms with Crippen molar-refractivity contribution < 1.29 is 5.11 Å². The summed E-state index contributed by atoms with van der Waals surface area (Å²) < 4.78 is 0.876. The molecule has 0 aliphatic heterocycles. The molecule has 0 saturated carbocycles. The number of pyridine rings is 1. The minimum Gasteiger partial charge on any atom is -0.394 e. The lowest BCUT2D eigenvalue weighted by Gasteiger charge is -2.30. The highest BCUT2D eigenvalue weighted by Crippen LogP contribution is 2.28. The SMILES string of the molecule is CC(CO)(Nc1ncccc1Br)c1ccccc1. The predicted octanol–water partition coefficient (Wildman–Crippen LogP) is 3.16. The van der Waals surface area contributed by atoms with E-state index in [0.717, 1.165) is 15.9 Å². The normalized spacial score (nSPS) is 13.9. The highest BCUT2D eigenvalue weighted by molar-refractivity contribution is 9.10. The smallest absolute Gasteiger partial charge is 0.141 e. The molecule has 3 nitrogen and oxygen atoms in total. The third-order valence-electron chi connectivity index (χ3n) is 2.88. The molecule has 0 radical (unpaired) electrons.